The summed E-state index contributed by atoms with van der Waals surface area (Å²) in [6, 6.07) is 0. The molecule has 0 saturated carbocycles. The van der Waals surface area contributed by atoms with Gasteiger partial charge in [0.15, 0.2) is 0 Å². The van der Waals surface area contributed by atoms with Crippen molar-refractivity contribution in [2.24, 2.45) is 0 Å². The molecule has 0 aliphatic rings. The third-order valence-electron chi connectivity index (χ3n) is 0. The Morgan fingerprint density at radius 3 is 0.0200 bits per heavy atom. The molecule has 1070 valence electrons. The van der Waals surface area contributed by atoms with Gasteiger partial charge in [-0.15, -0.1) is 0 Å². The summed E-state index contributed by atoms with van der Waals surface area (Å²) in [7, 11) is 0. The number of hydrogen-bond donors (Lipinski definition) is 0. The molecule has 100 heteroatoms. The Kier molecular flexibility index (Phi) is 9160. The van der Waals surface area contributed by atoms with Crippen molar-refractivity contribution >= 4 is 0 Å². The summed E-state index contributed by atoms with van der Waals surface area (Å²) < 4.78 is 0. The van der Waals surface area contributed by atoms with E-state index in [0.29, 0.717) is 0 Å². The average Bonchev–Trinajstić information content (AvgIpc) is 0. The van der Waals surface area contributed by atoms with E-state index in [0.717, 1.165) is 0 Å². The molecule has 100 heavy (non-hydrogen) atoms. The van der Waals surface area contributed by atoms with E-state index in [1.807, 2.05) is 0 Å². The molecule has 0 fully saturated rings. The van der Waals surface area contributed by atoms with Crippen molar-refractivity contribution in [2.45, 2.75) is 0 Å². The van der Waals surface area contributed by atoms with Gasteiger partial charge in [0.2, 0.25) is 0 Å². The Bertz CT molecular complexity index is 88.1. The molecule has 0 rings (SSSR count). The summed E-state index contributed by atoms with van der Waals surface area (Å²) in [6.45, 7) is 0. The molecule has 0 nitrogen and oxygen atoms in total. The van der Waals surface area contributed by atoms with Gasteiger partial charge >= 0.3 is 0 Å². The molecule has 0 aliphatic heterocycles. The number of hydrogen-bond acceptors (Lipinski definition) is 0. The second-order valence-corrected chi connectivity index (χ2v) is 0. The van der Waals surface area contributed by atoms with Crippen molar-refractivity contribution in [2.75, 3.05) is 0 Å². The molecular weight excluding hydrogens is 19600 g/mol. The normalized spacial score (nSPS) is 0. The van der Waals surface area contributed by atoms with E-state index in [9.17, 15) is 0 Å². The van der Waals surface area contributed by atoms with Gasteiger partial charge in [0.1, 0.15) is 0 Å². The summed E-state index contributed by atoms with van der Waals surface area (Å²) in [5.74, 6) is 0. The van der Waals surface area contributed by atoms with Crippen LogP contribution in [0.5, 0.6) is 0 Å². The molecule has 0 saturated heterocycles. The first-order chi connectivity index (χ1) is 0. The van der Waals surface area contributed by atoms with Crippen molar-refractivity contribution in [3.05, 3.63) is 0 Å². The Morgan fingerprint density at radius 2 is 0.0200 bits per heavy atom. The second kappa shape index (κ2) is 949. The van der Waals surface area contributed by atoms with E-state index >= 15 is 0 Å². The Hall–Kier alpha value is 72.5. The van der Waals surface area contributed by atoms with Gasteiger partial charge in [-0.2, -0.15) is 0 Å². The van der Waals surface area contributed by atoms with Gasteiger partial charge < -0.3 is 0 Å². The molecule has 0 aromatic rings. The summed E-state index contributed by atoms with van der Waals surface area (Å²) in [6.07, 6.45) is 0. The third kappa shape index (κ3) is 932. The van der Waals surface area contributed by atoms with Crippen LogP contribution in [0.4, 0.5) is 0 Å². The second-order valence-electron chi connectivity index (χ2n) is 0. The zero-order valence-electron chi connectivity index (χ0n) is 30.6. The van der Waals surface area contributed by atoms with Gasteiger partial charge in [-0.1, -0.05) is 0 Å². The summed E-state index contributed by atoms with van der Waals surface area (Å²) in [5, 5.41) is 0. The summed E-state index contributed by atoms with van der Waals surface area (Å²) in [5.41, 5.74) is 0. The predicted octanol–water partition coefficient (Wildman–Crippen LogP) is -0.250. The Labute approximate surface area is 2130 Å². The summed E-state index contributed by atoms with van der Waals surface area (Å²) >= 11 is 0. The first-order valence-corrected chi connectivity index (χ1v) is 0. The van der Waals surface area contributed by atoms with Crippen LogP contribution in [0.15, 0.2) is 0 Å². The van der Waals surface area contributed by atoms with Gasteiger partial charge in [0, 0.05) is 2200 Å². The van der Waals surface area contributed by atoms with Gasteiger partial charge in [0.25, 0.3) is 0 Å². The molecular formula is Au70Pt30. The SMILES string of the molecule is [Au].[Au].[Au].[Au].[Au].[Au].[Au].[Au].[Au].[Au].[Au].[Au].[Au].[Au].[Au].[Au].[Au].[Au].[Au].[Au].[Au].[Au].[Au].[Au].[Au].[Au].[Au].[Au].[Au].[Au].[Au].[Au].[Au].[Au].[Au].[Au].[Au].[Au].[Au].[Au].[Au].[Au].[Au].[Au].[Au].[Au].[Au].[Au].[Au].[Au].[Au].[Au].[Au].[Au].[Au].[Au].[Au].[Au].[Au].[Au].[Au].[Au].[Au].[Au].[Au].[Au].[Au].[Au].[Au].[Au].[Pt].[Pt].[Pt].[Pt].[Pt].[Pt].[Pt].[Pt].[Pt].[Pt].[Pt].[Pt].[Pt].[Pt].[Pt].[Pt].[Pt].[Pt].[Pt].[Pt].[Pt].[Pt].[Pt].[Pt].[Pt].[Pt].[Pt].[Pt].[Pt].[Pt]. The van der Waals surface area contributed by atoms with Crippen LogP contribution in [0, 0.1) is 0 Å². The minimum atomic E-state index is 0. The molecule has 0 heterocycles. The zero-order valence-corrected chi connectivity index (χ0v) is 250. The standard InChI is InChI=1S/70Au.30Pt. The van der Waals surface area contributed by atoms with Crippen LogP contribution in [0.25, 0.3) is 0 Å². The van der Waals surface area contributed by atoms with E-state index in [2.05, 4.69) is 0 Å². The summed E-state index contributed by atoms with van der Waals surface area (Å²) in [4.78, 5) is 0. The predicted molar refractivity (Wildman–Crippen MR) is 0 cm³/mol. The molecule has 0 aliphatic carbocycles. The molecule has 0 spiro atoms. The monoisotopic (exact) mass is 19600 g/mol. The average molecular weight is 19600 g/mol. The smallest absolute Gasteiger partial charge is 0 e. The molecule has 0 aromatic heterocycles. The van der Waals surface area contributed by atoms with Crippen LogP contribution in [0.2, 0.25) is 0 Å². The largest absolute Gasteiger partial charge is 0 e. The first-order valence-electron chi connectivity index (χ1n) is 0. The third-order valence-corrected chi connectivity index (χ3v) is 0. The van der Waals surface area contributed by atoms with Crippen molar-refractivity contribution in [3.63, 3.8) is 0 Å². The quantitative estimate of drug-likeness (QED) is 0.295. The van der Waals surface area contributed by atoms with Crippen molar-refractivity contribution in [1.29, 1.82) is 0 Å². The molecule has 0 unspecified atom stereocenters. The number of rotatable bonds is 0. The van der Waals surface area contributed by atoms with Crippen LogP contribution >= 0.6 is 0 Å². The Morgan fingerprint density at radius 1 is 0.0200 bits per heavy atom. The topological polar surface area (TPSA) is 0 Å². The maximum absolute atomic E-state index is 0. The fourth-order valence-electron chi connectivity index (χ4n) is 0. The van der Waals surface area contributed by atoms with Crippen molar-refractivity contribution in [3.8, 4) is 0 Å². The van der Waals surface area contributed by atoms with Crippen LogP contribution in [-0.4, -0.2) is 0 Å². The van der Waals surface area contributed by atoms with Gasteiger partial charge in [-0.25, -0.2) is 0 Å². The van der Waals surface area contributed by atoms with Crippen LogP contribution < -0.4 is 0 Å². The fraction of sp³-hybridized carbons (Fsp3) is 0. The van der Waals surface area contributed by atoms with Gasteiger partial charge in [0.05, 0.1) is 0 Å². The maximum Gasteiger partial charge on any atom is 0 e. The molecule has 0 N–H and O–H groups in total. The van der Waals surface area contributed by atoms with Crippen molar-refractivity contribution in [1.82, 2.24) is 0 Å². The minimum absolute atomic E-state index is 0. The van der Waals surface area contributed by atoms with E-state index in [4.69, 9.17) is 0 Å². The fourth-order valence-corrected chi connectivity index (χ4v) is 0. The molecule has 70 radical (unpaired) electrons. The molecule has 0 aromatic carbocycles. The van der Waals surface area contributed by atoms with E-state index in [1.54, 1.807) is 0 Å². The van der Waals surface area contributed by atoms with E-state index in [1.165, 1.54) is 0 Å². The minimum Gasteiger partial charge on any atom is 0 e. The Balaban J connectivity index is 0. The zero-order chi connectivity index (χ0) is 0. The van der Waals surface area contributed by atoms with Gasteiger partial charge in [-0.3, -0.25) is 0 Å². The van der Waals surface area contributed by atoms with Crippen molar-refractivity contribution < 1.29 is 2200 Å². The van der Waals surface area contributed by atoms with E-state index in [-0.39, 0.29) is 2200 Å². The van der Waals surface area contributed by atoms with Crippen LogP contribution in [-0.2, 0) is 2200 Å². The van der Waals surface area contributed by atoms with Crippen LogP contribution in [0.3, 0.4) is 0 Å². The van der Waals surface area contributed by atoms with E-state index < -0.39 is 0 Å². The maximum atomic E-state index is 0. The van der Waals surface area contributed by atoms with Crippen LogP contribution in [0.1, 0.15) is 0 Å². The molecule has 0 amide bonds. The van der Waals surface area contributed by atoms with Gasteiger partial charge in [-0.05, 0) is 0 Å². The molecule has 0 atom stereocenters. The molecule has 0 bridgehead atoms. The first kappa shape index (κ1) is 966.